The van der Waals surface area contributed by atoms with Crippen molar-refractivity contribution >= 4 is 25.6 Å². The Morgan fingerprint density at radius 1 is 0.595 bits per heavy atom. The molecule has 3 heterocycles. The molecule has 1 fully saturated rings. The van der Waals surface area contributed by atoms with Crippen LogP contribution in [-0.2, 0) is 21.7 Å². The van der Waals surface area contributed by atoms with Crippen LogP contribution in [0.15, 0.2) is 81.6 Å². The van der Waals surface area contributed by atoms with Gasteiger partial charge in [-0.3, -0.25) is 0 Å². The van der Waals surface area contributed by atoms with Gasteiger partial charge in [0.2, 0.25) is 0 Å². The Hall–Kier alpha value is -3.45. The Morgan fingerprint density at radius 3 is 1.38 bits per heavy atom. The highest BCUT2D eigenvalue weighted by Crippen LogP contribution is 2.37. The van der Waals surface area contributed by atoms with E-state index in [1.807, 2.05) is 27.7 Å². The van der Waals surface area contributed by atoms with Crippen molar-refractivity contribution in [3.05, 3.63) is 83.9 Å². The van der Waals surface area contributed by atoms with E-state index in [0.717, 1.165) is 24.3 Å². The van der Waals surface area contributed by atoms with Crippen LogP contribution in [0.5, 0.6) is 0 Å². The van der Waals surface area contributed by atoms with E-state index in [2.05, 4.69) is 0 Å². The summed E-state index contributed by atoms with van der Waals surface area (Å²) in [4.78, 5) is 0. The molecule has 0 bridgehead atoms. The summed E-state index contributed by atoms with van der Waals surface area (Å²) in [6, 6.07) is 15.4. The molecule has 4 aromatic rings. The monoisotopic (exact) mass is 594 g/mol. The Kier molecular flexibility index (Phi) is 8.49. The number of hydrogen-bond acceptors (Lipinski definition) is 6. The van der Waals surface area contributed by atoms with Crippen molar-refractivity contribution in [3.8, 4) is 22.6 Å². The first-order chi connectivity index (χ1) is 19.4. The maximum atomic E-state index is 12.6. The number of alkyl halides is 6. The van der Waals surface area contributed by atoms with Gasteiger partial charge in [0.1, 0.15) is 22.8 Å². The van der Waals surface area contributed by atoms with Crippen molar-refractivity contribution in [2.24, 2.45) is 0 Å². The average molecular weight is 594 g/mol. The number of benzene rings is 2. The summed E-state index contributed by atoms with van der Waals surface area (Å²) in [6.07, 6.45) is -8.73. The maximum absolute atomic E-state index is 12.6. The van der Waals surface area contributed by atoms with E-state index in [4.69, 9.17) is 28.2 Å². The molecule has 0 radical (unpaired) electrons. The minimum Gasteiger partial charge on any atom is -0.465 e. The Bertz CT molecular complexity index is 1470. The molecule has 42 heavy (non-hydrogen) atoms. The smallest absolute Gasteiger partial charge is 0.465 e. The van der Waals surface area contributed by atoms with Crippen molar-refractivity contribution in [1.82, 2.24) is 0 Å². The molecule has 1 saturated heterocycles. The van der Waals surface area contributed by atoms with Crippen molar-refractivity contribution in [1.29, 1.82) is 0 Å². The molecular weight excluding hydrogens is 568 g/mol. The molecule has 0 amide bonds. The SMILES string of the molecule is CC1(C)OB(c2ccc(-c3ccc(C(F)(F)F)cc3)o2)OC1(C)C.OB(O)c1ccc(-c2ccc(C(F)(F)F)cc2)o1. The summed E-state index contributed by atoms with van der Waals surface area (Å²) in [5.41, 5.74) is -1.00. The molecule has 2 N–H and O–H groups in total. The largest absolute Gasteiger partial charge is 0.532 e. The molecule has 0 atom stereocenters. The third kappa shape index (κ3) is 6.95. The molecule has 222 valence electrons. The van der Waals surface area contributed by atoms with Crippen molar-refractivity contribution < 1.29 is 54.5 Å². The van der Waals surface area contributed by atoms with Gasteiger partial charge in [0.15, 0.2) is 0 Å². The standard InChI is InChI=1S/C17H18BF3O3.C11H8BF3O3/c1-15(2)16(3,4)24-18(23-15)14-10-9-13(22-14)11-5-7-12(8-6-11)17(19,20)21;13-11(14,15)8-3-1-7(2-4-8)9-5-6-10(18-9)12(16)17/h5-10H,1-4H3;1-6,16-17H. The first kappa shape index (κ1) is 31.5. The van der Waals surface area contributed by atoms with Gasteiger partial charge in [0.25, 0.3) is 0 Å². The second kappa shape index (κ2) is 11.3. The third-order valence-corrected chi connectivity index (χ3v) is 6.99. The van der Waals surface area contributed by atoms with Crippen LogP contribution in [0.2, 0.25) is 0 Å². The molecule has 0 unspecified atom stereocenters. The topological polar surface area (TPSA) is 85.2 Å². The Balaban J connectivity index is 0.000000201. The van der Waals surface area contributed by atoms with Gasteiger partial charge in [-0.1, -0.05) is 24.3 Å². The van der Waals surface area contributed by atoms with Crippen LogP contribution in [-0.4, -0.2) is 35.5 Å². The van der Waals surface area contributed by atoms with Crippen LogP contribution in [0.1, 0.15) is 38.8 Å². The zero-order valence-corrected chi connectivity index (χ0v) is 22.9. The molecule has 0 saturated carbocycles. The minimum absolute atomic E-state index is 0.0649. The lowest BCUT2D eigenvalue weighted by molar-refractivity contribution is -0.138. The number of furan rings is 2. The normalized spacial score (nSPS) is 16.2. The van der Waals surface area contributed by atoms with E-state index >= 15 is 0 Å². The summed E-state index contributed by atoms with van der Waals surface area (Å²) < 4.78 is 97.5. The van der Waals surface area contributed by atoms with Gasteiger partial charge < -0.3 is 28.2 Å². The zero-order valence-electron chi connectivity index (χ0n) is 22.9. The maximum Gasteiger partial charge on any atom is 0.532 e. The van der Waals surface area contributed by atoms with Gasteiger partial charge in [-0.25, -0.2) is 0 Å². The van der Waals surface area contributed by atoms with Gasteiger partial charge in [0, 0.05) is 11.1 Å². The van der Waals surface area contributed by atoms with E-state index in [9.17, 15) is 26.3 Å². The summed E-state index contributed by atoms with van der Waals surface area (Å²) >= 11 is 0. The van der Waals surface area contributed by atoms with Gasteiger partial charge in [-0.2, -0.15) is 26.3 Å². The van der Waals surface area contributed by atoms with Crippen LogP contribution >= 0.6 is 0 Å². The summed E-state index contributed by atoms with van der Waals surface area (Å²) in [5.74, 6) is 0.736. The van der Waals surface area contributed by atoms with E-state index in [1.165, 1.54) is 36.4 Å². The fourth-order valence-electron chi connectivity index (χ4n) is 3.89. The first-order valence-electron chi connectivity index (χ1n) is 12.6. The third-order valence-electron chi connectivity index (χ3n) is 6.99. The molecule has 14 heteroatoms. The van der Waals surface area contributed by atoms with Gasteiger partial charge in [-0.15, -0.1) is 0 Å². The van der Waals surface area contributed by atoms with Crippen LogP contribution < -0.4 is 11.3 Å². The van der Waals surface area contributed by atoms with E-state index < -0.39 is 48.9 Å². The second-order valence-corrected chi connectivity index (χ2v) is 10.5. The first-order valence-corrected chi connectivity index (χ1v) is 12.6. The van der Waals surface area contributed by atoms with E-state index in [0.29, 0.717) is 22.5 Å². The lowest BCUT2D eigenvalue weighted by Crippen LogP contribution is -2.41. The number of halogens is 6. The fourth-order valence-corrected chi connectivity index (χ4v) is 3.89. The predicted octanol–water partition coefficient (Wildman–Crippen LogP) is 5.91. The molecule has 2 aromatic heterocycles. The number of rotatable bonds is 4. The minimum atomic E-state index is -4.38. The second-order valence-electron chi connectivity index (χ2n) is 10.5. The van der Waals surface area contributed by atoms with Gasteiger partial charge in [0.05, 0.1) is 22.3 Å². The summed E-state index contributed by atoms with van der Waals surface area (Å²) in [6.45, 7) is 7.75. The van der Waals surface area contributed by atoms with Crippen molar-refractivity contribution in [3.63, 3.8) is 0 Å². The van der Waals surface area contributed by atoms with Crippen LogP contribution in [0, 0.1) is 0 Å². The zero-order chi connectivity index (χ0) is 31.1. The summed E-state index contributed by atoms with van der Waals surface area (Å²) in [5, 5.41) is 17.7. The van der Waals surface area contributed by atoms with Crippen LogP contribution in [0.4, 0.5) is 26.3 Å². The van der Waals surface area contributed by atoms with Crippen LogP contribution in [0.25, 0.3) is 22.6 Å². The highest BCUT2D eigenvalue weighted by molar-refractivity contribution is 6.60. The molecule has 0 spiro atoms. The molecule has 2 aromatic carbocycles. The van der Waals surface area contributed by atoms with Gasteiger partial charge in [-0.05, 0) is 76.2 Å². The van der Waals surface area contributed by atoms with Crippen molar-refractivity contribution in [2.45, 2.75) is 51.2 Å². The molecule has 1 aliphatic heterocycles. The molecule has 5 rings (SSSR count). The number of hydrogen-bond donors (Lipinski definition) is 2. The quantitative estimate of drug-likeness (QED) is 0.226. The molecule has 6 nitrogen and oxygen atoms in total. The summed E-state index contributed by atoms with van der Waals surface area (Å²) in [7, 11) is -2.38. The molecule has 1 aliphatic rings. The Labute approximate surface area is 238 Å². The lowest BCUT2D eigenvalue weighted by Gasteiger charge is -2.32. The molecular formula is C28H26B2F6O6. The Morgan fingerprint density at radius 2 is 1.00 bits per heavy atom. The van der Waals surface area contributed by atoms with Crippen LogP contribution in [0.3, 0.4) is 0 Å². The van der Waals surface area contributed by atoms with E-state index in [-0.39, 0.29) is 11.4 Å². The predicted molar refractivity (Wildman–Crippen MR) is 144 cm³/mol. The lowest BCUT2D eigenvalue weighted by atomic mass is 9.86. The van der Waals surface area contributed by atoms with E-state index in [1.54, 1.807) is 12.1 Å². The highest BCUT2D eigenvalue weighted by Gasteiger charge is 2.53. The highest BCUT2D eigenvalue weighted by atomic mass is 19.4. The van der Waals surface area contributed by atoms with Crippen molar-refractivity contribution in [2.75, 3.05) is 0 Å². The fraction of sp³-hybridized carbons (Fsp3) is 0.286. The van der Waals surface area contributed by atoms with Gasteiger partial charge >= 0.3 is 26.6 Å². The average Bonchev–Trinajstić information content (AvgIpc) is 3.62. The molecule has 0 aliphatic carbocycles.